The Balaban J connectivity index is 2.19. The van der Waals surface area contributed by atoms with E-state index < -0.39 is 14.9 Å². The first-order valence-electron chi connectivity index (χ1n) is 5.94. The number of rotatable bonds is 5. The lowest BCUT2D eigenvalue weighted by Gasteiger charge is -2.03. The van der Waals surface area contributed by atoms with E-state index in [0.717, 1.165) is 6.21 Å². The number of nitro groups is 1. The zero-order chi connectivity index (χ0) is 16.2. The quantitative estimate of drug-likeness (QED) is 0.513. The molecular weight excluding hydrogens is 330 g/mol. The number of para-hydroxylation sites is 1. The summed E-state index contributed by atoms with van der Waals surface area (Å²) in [5, 5.41) is 14.8. The molecule has 0 saturated carbocycles. The predicted octanol–water partition coefficient (Wildman–Crippen LogP) is 2.56. The highest BCUT2D eigenvalue weighted by molar-refractivity contribution is 7.89. The van der Waals surface area contributed by atoms with Crippen LogP contribution in [0.5, 0.6) is 0 Å². The summed E-state index contributed by atoms with van der Waals surface area (Å²) in [4.78, 5) is 12.2. The van der Waals surface area contributed by atoms with Crippen molar-refractivity contribution in [1.29, 1.82) is 0 Å². The minimum Gasteiger partial charge on any atom is -0.258 e. The molecule has 2 aromatic rings. The van der Waals surface area contributed by atoms with Crippen LogP contribution in [0, 0.1) is 10.1 Å². The SMILES string of the molecule is O=[N+]([O-])c1ccccc1/C=N/NS(=O)(=O)c1ccc(Cl)cc1. The molecule has 0 radical (unpaired) electrons. The van der Waals surface area contributed by atoms with Gasteiger partial charge in [-0.2, -0.15) is 13.5 Å². The van der Waals surface area contributed by atoms with Gasteiger partial charge >= 0.3 is 0 Å². The Morgan fingerprint density at radius 2 is 1.77 bits per heavy atom. The molecule has 0 bridgehead atoms. The summed E-state index contributed by atoms with van der Waals surface area (Å²) < 4.78 is 23.9. The maximum atomic E-state index is 12.0. The minimum absolute atomic E-state index is 0.0170. The van der Waals surface area contributed by atoms with Crippen molar-refractivity contribution < 1.29 is 13.3 Å². The number of hydrogen-bond acceptors (Lipinski definition) is 5. The molecule has 0 unspecified atom stereocenters. The third kappa shape index (κ3) is 3.80. The lowest BCUT2D eigenvalue weighted by molar-refractivity contribution is -0.385. The van der Waals surface area contributed by atoms with Crippen molar-refractivity contribution in [3.63, 3.8) is 0 Å². The van der Waals surface area contributed by atoms with Crippen molar-refractivity contribution in [2.45, 2.75) is 4.90 Å². The van der Waals surface area contributed by atoms with Crippen LogP contribution in [0.4, 0.5) is 5.69 Å². The molecule has 0 aliphatic heterocycles. The number of hydrazone groups is 1. The van der Waals surface area contributed by atoms with Crippen LogP contribution in [-0.2, 0) is 10.0 Å². The summed E-state index contributed by atoms with van der Waals surface area (Å²) in [6.07, 6.45) is 1.08. The second kappa shape index (κ2) is 6.54. The lowest BCUT2D eigenvalue weighted by atomic mass is 10.2. The van der Waals surface area contributed by atoms with Crippen LogP contribution in [0.1, 0.15) is 5.56 Å². The van der Waals surface area contributed by atoms with E-state index in [-0.39, 0.29) is 16.1 Å². The third-order valence-electron chi connectivity index (χ3n) is 2.63. The van der Waals surface area contributed by atoms with Crippen molar-refractivity contribution >= 4 is 33.5 Å². The van der Waals surface area contributed by atoms with Crippen molar-refractivity contribution in [2.75, 3.05) is 0 Å². The molecule has 0 heterocycles. The van der Waals surface area contributed by atoms with Crippen molar-refractivity contribution in [1.82, 2.24) is 4.83 Å². The van der Waals surface area contributed by atoms with Crippen LogP contribution in [0.3, 0.4) is 0 Å². The largest absolute Gasteiger partial charge is 0.278 e. The first kappa shape index (κ1) is 15.9. The number of nitro benzene ring substituents is 1. The monoisotopic (exact) mass is 339 g/mol. The molecule has 0 atom stereocenters. The first-order valence-corrected chi connectivity index (χ1v) is 7.80. The maximum Gasteiger partial charge on any atom is 0.278 e. The second-order valence-corrected chi connectivity index (χ2v) is 6.22. The molecule has 0 spiro atoms. The van der Waals surface area contributed by atoms with Gasteiger partial charge in [-0.3, -0.25) is 10.1 Å². The van der Waals surface area contributed by atoms with E-state index in [1.165, 1.54) is 42.5 Å². The van der Waals surface area contributed by atoms with Crippen LogP contribution in [-0.4, -0.2) is 19.6 Å². The summed E-state index contributed by atoms with van der Waals surface area (Å²) in [6.45, 7) is 0. The Kier molecular flexibility index (Phi) is 4.74. The van der Waals surface area contributed by atoms with E-state index in [9.17, 15) is 18.5 Å². The highest BCUT2D eigenvalue weighted by atomic mass is 35.5. The molecule has 7 nitrogen and oxygen atoms in total. The molecule has 0 aliphatic rings. The molecule has 0 saturated heterocycles. The number of sulfonamides is 1. The van der Waals surface area contributed by atoms with Gasteiger partial charge in [-0.1, -0.05) is 23.7 Å². The molecule has 114 valence electrons. The Bertz CT molecular complexity index is 819. The topological polar surface area (TPSA) is 102 Å². The number of halogens is 1. The van der Waals surface area contributed by atoms with Crippen molar-refractivity contribution in [2.24, 2.45) is 5.10 Å². The summed E-state index contributed by atoms with van der Waals surface area (Å²) in [5.41, 5.74) is 0.0169. The van der Waals surface area contributed by atoms with Crippen LogP contribution in [0.2, 0.25) is 5.02 Å². The van der Waals surface area contributed by atoms with Crippen LogP contribution >= 0.6 is 11.6 Å². The van der Waals surface area contributed by atoms with E-state index in [2.05, 4.69) is 5.10 Å². The van der Waals surface area contributed by atoms with E-state index in [1.807, 2.05) is 4.83 Å². The predicted molar refractivity (Wildman–Crippen MR) is 82.5 cm³/mol. The van der Waals surface area contributed by atoms with Crippen LogP contribution < -0.4 is 4.83 Å². The number of nitrogens with zero attached hydrogens (tertiary/aromatic N) is 2. The number of hydrogen-bond donors (Lipinski definition) is 1. The normalized spacial score (nSPS) is 11.5. The van der Waals surface area contributed by atoms with Gasteiger partial charge in [0.2, 0.25) is 0 Å². The molecular formula is C13H10ClN3O4S. The zero-order valence-electron chi connectivity index (χ0n) is 11.0. The van der Waals surface area contributed by atoms with Gasteiger partial charge in [-0.05, 0) is 30.3 Å². The van der Waals surface area contributed by atoms with Gasteiger partial charge in [0.1, 0.15) is 0 Å². The molecule has 0 aliphatic carbocycles. The van der Waals surface area contributed by atoms with E-state index in [4.69, 9.17) is 11.6 Å². The Morgan fingerprint density at radius 3 is 2.41 bits per heavy atom. The Hall–Kier alpha value is -2.45. The summed E-state index contributed by atoms with van der Waals surface area (Å²) >= 11 is 5.68. The molecule has 9 heteroatoms. The molecule has 0 aromatic heterocycles. The van der Waals surface area contributed by atoms with Gasteiger partial charge in [-0.25, -0.2) is 4.83 Å². The summed E-state index contributed by atoms with van der Waals surface area (Å²) in [5.74, 6) is 0. The fourth-order valence-corrected chi connectivity index (χ4v) is 2.51. The standard InChI is InChI=1S/C13H10ClN3O4S/c14-11-5-7-12(8-6-11)22(20,21)16-15-9-10-3-1-2-4-13(10)17(18)19/h1-9,16H/b15-9+. The first-order chi connectivity index (χ1) is 10.4. The molecule has 0 fully saturated rings. The van der Waals surface area contributed by atoms with Crippen molar-refractivity contribution in [3.05, 3.63) is 69.2 Å². The van der Waals surface area contributed by atoms with Crippen LogP contribution in [0.25, 0.3) is 0 Å². The smallest absolute Gasteiger partial charge is 0.258 e. The van der Waals surface area contributed by atoms with Gasteiger partial charge in [0, 0.05) is 11.1 Å². The zero-order valence-corrected chi connectivity index (χ0v) is 12.6. The molecule has 2 aromatic carbocycles. The second-order valence-electron chi connectivity index (χ2n) is 4.12. The maximum absolute atomic E-state index is 12.0. The summed E-state index contributed by atoms with van der Waals surface area (Å²) in [6, 6.07) is 11.4. The van der Waals surface area contributed by atoms with Gasteiger partial charge in [0.05, 0.1) is 21.6 Å². The van der Waals surface area contributed by atoms with Gasteiger partial charge in [0.15, 0.2) is 0 Å². The van der Waals surface area contributed by atoms with E-state index in [0.29, 0.717) is 5.02 Å². The average molecular weight is 340 g/mol. The van der Waals surface area contributed by atoms with Gasteiger partial charge < -0.3 is 0 Å². The number of nitrogens with one attached hydrogen (secondary N) is 1. The van der Waals surface area contributed by atoms with Crippen LogP contribution in [0.15, 0.2) is 58.5 Å². The minimum atomic E-state index is -3.86. The van der Waals surface area contributed by atoms with E-state index >= 15 is 0 Å². The highest BCUT2D eigenvalue weighted by Gasteiger charge is 2.13. The molecule has 1 N–H and O–H groups in total. The third-order valence-corrected chi connectivity index (χ3v) is 4.12. The Labute approximate surface area is 131 Å². The fraction of sp³-hybridized carbons (Fsp3) is 0. The average Bonchev–Trinajstić information content (AvgIpc) is 2.48. The Morgan fingerprint density at radius 1 is 1.14 bits per heavy atom. The fourth-order valence-electron chi connectivity index (χ4n) is 1.59. The van der Waals surface area contributed by atoms with Gasteiger partial charge in [-0.15, -0.1) is 0 Å². The summed E-state index contributed by atoms with van der Waals surface area (Å²) in [7, 11) is -3.86. The highest BCUT2D eigenvalue weighted by Crippen LogP contribution is 2.16. The lowest BCUT2D eigenvalue weighted by Crippen LogP contribution is -2.18. The van der Waals surface area contributed by atoms with Gasteiger partial charge in [0.25, 0.3) is 15.7 Å². The molecule has 22 heavy (non-hydrogen) atoms. The number of benzene rings is 2. The molecule has 0 amide bonds. The van der Waals surface area contributed by atoms with Crippen molar-refractivity contribution in [3.8, 4) is 0 Å². The van der Waals surface area contributed by atoms with E-state index in [1.54, 1.807) is 6.07 Å². The molecule has 2 rings (SSSR count).